The zero-order valence-electron chi connectivity index (χ0n) is 13.5. The maximum Gasteiger partial charge on any atom is 0.236 e. The van der Waals surface area contributed by atoms with Crippen LogP contribution in [0.4, 0.5) is 0 Å². The number of carbonyl (C=O) groups excluding carboxylic acids is 1. The first-order valence-electron chi connectivity index (χ1n) is 7.83. The average molecular weight is 289 g/mol. The zero-order chi connectivity index (χ0) is 15.2. The van der Waals surface area contributed by atoms with Crippen molar-refractivity contribution in [3.63, 3.8) is 0 Å². The third-order valence-corrected chi connectivity index (χ3v) is 4.37. The van der Waals surface area contributed by atoms with E-state index in [1.54, 1.807) is 0 Å². The number of piperazine rings is 1. The summed E-state index contributed by atoms with van der Waals surface area (Å²) in [6.45, 7) is 10.8. The van der Waals surface area contributed by atoms with Crippen molar-refractivity contribution < 1.29 is 4.79 Å². The number of carbonyl (C=O) groups is 1. The second-order valence-electron chi connectivity index (χ2n) is 5.89. The van der Waals surface area contributed by atoms with Gasteiger partial charge < -0.3 is 9.80 Å². The van der Waals surface area contributed by atoms with Crippen molar-refractivity contribution in [1.82, 2.24) is 14.7 Å². The van der Waals surface area contributed by atoms with E-state index in [1.165, 1.54) is 11.1 Å². The van der Waals surface area contributed by atoms with Gasteiger partial charge in [0.15, 0.2) is 0 Å². The lowest BCUT2D eigenvalue weighted by molar-refractivity contribution is -0.132. The van der Waals surface area contributed by atoms with Gasteiger partial charge in [0.2, 0.25) is 5.91 Å². The molecular weight excluding hydrogens is 262 g/mol. The summed E-state index contributed by atoms with van der Waals surface area (Å²) >= 11 is 0. The summed E-state index contributed by atoms with van der Waals surface area (Å²) in [6, 6.07) is 8.26. The lowest BCUT2D eigenvalue weighted by Gasteiger charge is -2.34. The number of likely N-dealkylation sites (N-methyl/N-ethyl adjacent to an activating group) is 2. The SMILES string of the molecule is CCN1CCN(CC(=O)N(C)Cc2ccccc2C)CC1. The Morgan fingerprint density at radius 3 is 2.38 bits per heavy atom. The molecule has 21 heavy (non-hydrogen) atoms. The molecule has 0 aliphatic carbocycles. The summed E-state index contributed by atoms with van der Waals surface area (Å²) in [7, 11) is 1.90. The van der Waals surface area contributed by atoms with Crippen LogP contribution in [0.5, 0.6) is 0 Å². The van der Waals surface area contributed by atoms with Gasteiger partial charge >= 0.3 is 0 Å². The molecule has 1 amide bonds. The van der Waals surface area contributed by atoms with Crippen molar-refractivity contribution in [2.75, 3.05) is 46.3 Å². The minimum absolute atomic E-state index is 0.211. The van der Waals surface area contributed by atoms with Gasteiger partial charge in [-0.1, -0.05) is 31.2 Å². The van der Waals surface area contributed by atoms with Gasteiger partial charge in [0, 0.05) is 39.8 Å². The highest BCUT2D eigenvalue weighted by Crippen LogP contribution is 2.10. The summed E-state index contributed by atoms with van der Waals surface area (Å²) in [5.41, 5.74) is 2.47. The summed E-state index contributed by atoms with van der Waals surface area (Å²) in [5.74, 6) is 0.211. The van der Waals surface area contributed by atoms with Crippen molar-refractivity contribution in [2.24, 2.45) is 0 Å². The van der Waals surface area contributed by atoms with E-state index in [1.807, 2.05) is 24.1 Å². The fourth-order valence-electron chi connectivity index (χ4n) is 2.71. The molecule has 4 nitrogen and oxygen atoms in total. The highest BCUT2D eigenvalue weighted by Gasteiger charge is 2.19. The van der Waals surface area contributed by atoms with E-state index >= 15 is 0 Å². The predicted molar refractivity (Wildman–Crippen MR) is 86.2 cm³/mol. The molecule has 0 aromatic heterocycles. The lowest BCUT2D eigenvalue weighted by atomic mass is 10.1. The largest absolute Gasteiger partial charge is 0.340 e. The van der Waals surface area contributed by atoms with Crippen LogP contribution in [0.2, 0.25) is 0 Å². The summed E-state index contributed by atoms with van der Waals surface area (Å²) in [5, 5.41) is 0. The summed E-state index contributed by atoms with van der Waals surface area (Å²) < 4.78 is 0. The zero-order valence-corrected chi connectivity index (χ0v) is 13.5. The smallest absolute Gasteiger partial charge is 0.236 e. The summed E-state index contributed by atoms with van der Waals surface area (Å²) in [4.78, 5) is 18.9. The Balaban J connectivity index is 1.82. The molecule has 0 unspecified atom stereocenters. The van der Waals surface area contributed by atoms with Gasteiger partial charge in [-0.25, -0.2) is 0 Å². The Kier molecular flexibility index (Phi) is 5.76. The number of amides is 1. The molecule has 1 heterocycles. The van der Waals surface area contributed by atoms with Crippen LogP contribution >= 0.6 is 0 Å². The third-order valence-electron chi connectivity index (χ3n) is 4.37. The maximum absolute atomic E-state index is 12.3. The molecule has 0 saturated carbocycles. The number of aryl methyl sites for hydroxylation is 1. The van der Waals surface area contributed by atoms with Crippen LogP contribution in [0.1, 0.15) is 18.1 Å². The van der Waals surface area contributed by atoms with Gasteiger partial charge in [-0.3, -0.25) is 9.69 Å². The van der Waals surface area contributed by atoms with E-state index in [0.29, 0.717) is 13.1 Å². The maximum atomic E-state index is 12.3. The van der Waals surface area contributed by atoms with Crippen LogP contribution < -0.4 is 0 Å². The second kappa shape index (κ2) is 7.57. The Hall–Kier alpha value is -1.39. The van der Waals surface area contributed by atoms with Gasteiger partial charge in [0.1, 0.15) is 0 Å². The third kappa shape index (κ3) is 4.55. The van der Waals surface area contributed by atoms with E-state index < -0.39 is 0 Å². The number of hydrogen-bond acceptors (Lipinski definition) is 3. The number of nitrogens with zero attached hydrogens (tertiary/aromatic N) is 3. The molecule has 1 aliphatic rings. The number of rotatable bonds is 5. The molecule has 116 valence electrons. The standard InChI is InChI=1S/C17H27N3O/c1-4-19-9-11-20(12-10-19)14-17(21)18(3)13-16-8-6-5-7-15(16)2/h5-8H,4,9-14H2,1-3H3. The normalized spacial score (nSPS) is 16.9. The number of benzene rings is 1. The molecule has 0 atom stereocenters. The molecular formula is C17H27N3O. The Morgan fingerprint density at radius 2 is 1.76 bits per heavy atom. The molecule has 0 spiro atoms. The fourth-order valence-corrected chi connectivity index (χ4v) is 2.71. The first-order valence-corrected chi connectivity index (χ1v) is 7.83. The Morgan fingerprint density at radius 1 is 1.14 bits per heavy atom. The minimum Gasteiger partial charge on any atom is -0.340 e. The van der Waals surface area contributed by atoms with E-state index in [4.69, 9.17) is 0 Å². The van der Waals surface area contributed by atoms with Crippen molar-refractivity contribution in [2.45, 2.75) is 20.4 Å². The average Bonchev–Trinajstić information content (AvgIpc) is 2.50. The van der Waals surface area contributed by atoms with E-state index in [2.05, 4.69) is 35.8 Å². The van der Waals surface area contributed by atoms with Crippen molar-refractivity contribution in [3.05, 3.63) is 35.4 Å². The quantitative estimate of drug-likeness (QED) is 0.823. The molecule has 2 rings (SSSR count). The van der Waals surface area contributed by atoms with Gasteiger partial charge in [0.25, 0.3) is 0 Å². The topological polar surface area (TPSA) is 26.8 Å². The minimum atomic E-state index is 0.211. The molecule has 4 heteroatoms. The van der Waals surface area contributed by atoms with Gasteiger partial charge in [-0.05, 0) is 24.6 Å². The molecule has 1 aromatic carbocycles. The molecule has 0 bridgehead atoms. The van der Waals surface area contributed by atoms with Crippen LogP contribution in [0.3, 0.4) is 0 Å². The van der Waals surface area contributed by atoms with Gasteiger partial charge in [-0.15, -0.1) is 0 Å². The van der Waals surface area contributed by atoms with Gasteiger partial charge in [-0.2, -0.15) is 0 Å². The van der Waals surface area contributed by atoms with Crippen LogP contribution in [-0.4, -0.2) is 66.9 Å². The monoisotopic (exact) mass is 289 g/mol. The van der Waals surface area contributed by atoms with E-state index in [9.17, 15) is 4.79 Å². The van der Waals surface area contributed by atoms with E-state index in [0.717, 1.165) is 32.7 Å². The Bertz CT molecular complexity index is 467. The molecule has 1 aromatic rings. The molecule has 1 aliphatic heterocycles. The molecule has 1 saturated heterocycles. The second-order valence-corrected chi connectivity index (χ2v) is 5.89. The van der Waals surface area contributed by atoms with Crippen LogP contribution in [0.25, 0.3) is 0 Å². The molecule has 1 fully saturated rings. The molecule has 0 radical (unpaired) electrons. The van der Waals surface area contributed by atoms with Crippen LogP contribution in [0, 0.1) is 6.92 Å². The first kappa shape index (κ1) is 16.0. The van der Waals surface area contributed by atoms with Crippen LogP contribution in [0.15, 0.2) is 24.3 Å². The number of hydrogen-bond donors (Lipinski definition) is 0. The highest BCUT2D eigenvalue weighted by atomic mass is 16.2. The van der Waals surface area contributed by atoms with Crippen molar-refractivity contribution in [1.29, 1.82) is 0 Å². The Labute approximate surface area is 128 Å². The predicted octanol–water partition coefficient (Wildman–Crippen LogP) is 1.59. The molecule has 0 N–H and O–H groups in total. The first-order chi connectivity index (χ1) is 10.1. The highest BCUT2D eigenvalue weighted by molar-refractivity contribution is 5.78. The van der Waals surface area contributed by atoms with Gasteiger partial charge in [0.05, 0.1) is 6.54 Å². The van der Waals surface area contributed by atoms with Crippen molar-refractivity contribution >= 4 is 5.91 Å². The summed E-state index contributed by atoms with van der Waals surface area (Å²) in [6.07, 6.45) is 0. The van der Waals surface area contributed by atoms with E-state index in [-0.39, 0.29) is 5.91 Å². The lowest BCUT2D eigenvalue weighted by Crippen LogP contribution is -2.49. The van der Waals surface area contributed by atoms with Crippen LogP contribution in [-0.2, 0) is 11.3 Å². The fraction of sp³-hybridized carbons (Fsp3) is 0.588. The van der Waals surface area contributed by atoms with Crippen molar-refractivity contribution in [3.8, 4) is 0 Å².